The first-order valence-corrected chi connectivity index (χ1v) is 10.6. The Morgan fingerprint density at radius 3 is 2.79 bits per heavy atom. The van der Waals surface area contributed by atoms with Gasteiger partial charge in [0, 0.05) is 46.6 Å². The highest BCUT2D eigenvalue weighted by Crippen LogP contribution is 2.21. The number of nitrogens with one attached hydrogen (secondary N) is 2. The van der Waals surface area contributed by atoms with Gasteiger partial charge in [0.15, 0.2) is 0 Å². The zero-order valence-electron chi connectivity index (χ0n) is 16.4. The summed E-state index contributed by atoms with van der Waals surface area (Å²) in [5.74, 6) is 0.785. The Morgan fingerprint density at radius 2 is 2.14 bits per heavy atom. The number of benzene rings is 1. The van der Waals surface area contributed by atoms with E-state index in [2.05, 4.69) is 15.6 Å². The molecule has 8 nitrogen and oxygen atoms in total. The molecule has 2 aromatic rings. The van der Waals surface area contributed by atoms with Crippen LogP contribution in [0.1, 0.15) is 25.1 Å². The fraction of sp³-hybridized carbons (Fsp3) is 0.556. The molecule has 3 rings (SSSR count). The third kappa shape index (κ3) is 4.83. The van der Waals surface area contributed by atoms with Crippen LogP contribution in [0.4, 0.5) is 0 Å². The van der Waals surface area contributed by atoms with Crippen molar-refractivity contribution in [1.29, 1.82) is 0 Å². The maximum absolute atomic E-state index is 12.3. The van der Waals surface area contributed by atoms with Gasteiger partial charge in [-0.3, -0.25) is 4.79 Å². The summed E-state index contributed by atoms with van der Waals surface area (Å²) in [5, 5.41) is 6.34. The van der Waals surface area contributed by atoms with Crippen molar-refractivity contribution in [3.05, 3.63) is 24.0 Å². The summed E-state index contributed by atoms with van der Waals surface area (Å²) >= 11 is 0. The Labute approximate surface area is 172 Å². The van der Waals surface area contributed by atoms with Gasteiger partial charge in [-0.15, -0.1) is 12.4 Å². The topological polar surface area (TPSA) is 96.3 Å². The third-order valence-corrected chi connectivity index (χ3v) is 6.77. The molecule has 1 aromatic heterocycles. The smallest absolute Gasteiger partial charge is 0.242 e. The zero-order chi connectivity index (χ0) is 19.6. The molecule has 2 N–H and O–H groups in total. The molecule has 1 atom stereocenters. The van der Waals surface area contributed by atoms with E-state index in [1.165, 1.54) is 18.4 Å². The lowest BCUT2D eigenvalue weighted by Gasteiger charge is -2.23. The van der Waals surface area contributed by atoms with Gasteiger partial charge in [-0.1, -0.05) is 0 Å². The quantitative estimate of drug-likeness (QED) is 0.715. The van der Waals surface area contributed by atoms with Gasteiger partial charge in [0.1, 0.15) is 5.82 Å². The third-order valence-electron chi connectivity index (χ3n) is 4.96. The van der Waals surface area contributed by atoms with Crippen LogP contribution in [0.15, 0.2) is 23.1 Å². The van der Waals surface area contributed by atoms with Crippen molar-refractivity contribution in [1.82, 2.24) is 24.5 Å². The van der Waals surface area contributed by atoms with Crippen molar-refractivity contribution < 1.29 is 13.2 Å². The van der Waals surface area contributed by atoms with E-state index in [-0.39, 0.29) is 29.3 Å². The molecule has 0 saturated carbocycles. The second-order valence-electron chi connectivity index (χ2n) is 7.14. The number of piperidine rings is 1. The Morgan fingerprint density at radius 1 is 1.39 bits per heavy atom. The highest BCUT2D eigenvalue weighted by Gasteiger charge is 2.20. The summed E-state index contributed by atoms with van der Waals surface area (Å²) in [7, 11) is 1.39. The predicted octanol–water partition coefficient (Wildman–Crippen LogP) is 1.05. The standard InChI is InChI=1S/C18H27N5O3S.ClH/c1-22(2)27(25,26)14-6-7-16-15(11-14)21-17(23(16)3)8-9-18(24)20-13-5-4-10-19-12-13;/h6-7,11,13,19H,4-5,8-10,12H2,1-3H3,(H,20,24);1H/t13-;/m0./s1. The number of carbonyl (C=O) groups excluding carboxylic acids is 1. The number of amides is 1. The van der Waals surface area contributed by atoms with E-state index in [4.69, 9.17) is 0 Å². The molecule has 28 heavy (non-hydrogen) atoms. The number of sulfonamides is 1. The Kier molecular flexibility index (Phi) is 7.44. The number of carbonyl (C=O) groups is 1. The van der Waals surface area contributed by atoms with Gasteiger partial charge < -0.3 is 15.2 Å². The van der Waals surface area contributed by atoms with Gasteiger partial charge in [-0.2, -0.15) is 0 Å². The van der Waals surface area contributed by atoms with Crippen LogP contribution in [-0.2, 0) is 28.3 Å². The normalized spacial score (nSPS) is 17.5. The molecule has 0 spiro atoms. The van der Waals surface area contributed by atoms with Gasteiger partial charge in [0.2, 0.25) is 15.9 Å². The van der Waals surface area contributed by atoms with E-state index in [0.29, 0.717) is 18.4 Å². The average molecular weight is 430 g/mol. The van der Waals surface area contributed by atoms with Crippen LogP contribution in [0, 0.1) is 0 Å². The average Bonchev–Trinajstić information content (AvgIpc) is 2.96. The molecule has 2 heterocycles. The SMILES string of the molecule is CN(C)S(=O)(=O)c1ccc2c(c1)nc(CCC(=O)N[C@H]1CCCNC1)n2C.Cl. The van der Waals surface area contributed by atoms with Gasteiger partial charge >= 0.3 is 0 Å². The number of aryl methyl sites for hydroxylation is 2. The van der Waals surface area contributed by atoms with Crippen molar-refractivity contribution in [3.63, 3.8) is 0 Å². The first-order chi connectivity index (χ1) is 12.8. The summed E-state index contributed by atoms with van der Waals surface area (Å²) in [6.45, 7) is 1.83. The van der Waals surface area contributed by atoms with Crippen LogP contribution in [-0.4, -0.2) is 61.4 Å². The molecule has 1 amide bonds. The molecule has 0 bridgehead atoms. The summed E-state index contributed by atoms with van der Waals surface area (Å²) < 4.78 is 27.7. The minimum absolute atomic E-state index is 0. The summed E-state index contributed by atoms with van der Waals surface area (Å²) in [5.41, 5.74) is 1.46. The molecule has 1 aromatic carbocycles. The fourth-order valence-corrected chi connectivity index (χ4v) is 4.25. The van der Waals surface area contributed by atoms with Gasteiger partial charge in [0.05, 0.1) is 15.9 Å². The van der Waals surface area contributed by atoms with E-state index in [0.717, 1.165) is 37.3 Å². The van der Waals surface area contributed by atoms with Crippen LogP contribution in [0.2, 0.25) is 0 Å². The van der Waals surface area contributed by atoms with Crippen molar-refractivity contribution in [2.75, 3.05) is 27.2 Å². The second-order valence-corrected chi connectivity index (χ2v) is 9.29. The number of fused-ring (bicyclic) bond motifs is 1. The van der Waals surface area contributed by atoms with E-state index in [1.54, 1.807) is 18.2 Å². The fourth-order valence-electron chi connectivity index (χ4n) is 3.32. The first kappa shape index (κ1) is 22.6. The van der Waals surface area contributed by atoms with E-state index < -0.39 is 10.0 Å². The first-order valence-electron chi connectivity index (χ1n) is 9.17. The number of imidazole rings is 1. The number of hydrogen-bond acceptors (Lipinski definition) is 5. The molecule has 10 heteroatoms. The number of hydrogen-bond donors (Lipinski definition) is 2. The Bertz CT molecular complexity index is 936. The van der Waals surface area contributed by atoms with E-state index in [9.17, 15) is 13.2 Å². The molecular formula is C18H28ClN5O3S. The van der Waals surface area contributed by atoms with Crippen LogP contribution >= 0.6 is 12.4 Å². The Balaban J connectivity index is 0.00000280. The Hall–Kier alpha value is -1.68. The van der Waals surface area contributed by atoms with Crippen LogP contribution in [0.5, 0.6) is 0 Å². The maximum atomic E-state index is 12.3. The summed E-state index contributed by atoms with van der Waals surface area (Å²) in [4.78, 5) is 17.0. The van der Waals surface area contributed by atoms with Gasteiger partial charge in [-0.05, 0) is 37.6 Å². The molecule has 1 fully saturated rings. The monoisotopic (exact) mass is 429 g/mol. The summed E-state index contributed by atoms with van der Waals surface area (Å²) in [6.07, 6.45) is 2.95. The number of aromatic nitrogens is 2. The van der Waals surface area contributed by atoms with Gasteiger partial charge in [0.25, 0.3) is 0 Å². The highest BCUT2D eigenvalue weighted by atomic mass is 35.5. The van der Waals surface area contributed by atoms with Crippen molar-refractivity contribution in [2.24, 2.45) is 7.05 Å². The number of nitrogens with zero attached hydrogens (tertiary/aromatic N) is 3. The van der Waals surface area contributed by atoms with E-state index in [1.807, 2.05) is 11.6 Å². The molecule has 0 aliphatic carbocycles. The van der Waals surface area contributed by atoms with Crippen LogP contribution in [0.25, 0.3) is 11.0 Å². The van der Waals surface area contributed by atoms with Gasteiger partial charge in [-0.25, -0.2) is 17.7 Å². The minimum atomic E-state index is -3.50. The maximum Gasteiger partial charge on any atom is 0.242 e. The lowest BCUT2D eigenvalue weighted by atomic mass is 10.1. The minimum Gasteiger partial charge on any atom is -0.352 e. The molecule has 0 radical (unpaired) electrons. The van der Waals surface area contributed by atoms with Crippen LogP contribution < -0.4 is 10.6 Å². The highest BCUT2D eigenvalue weighted by molar-refractivity contribution is 7.89. The molecule has 156 valence electrons. The number of rotatable bonds is 6. The lowest BCUT2D eigenvalue weighted by Crippen LogP contribution is -2.45. The van der Waals surface area contributed by atoms with Crippen molar-refractivity contribution in [2.45, 2.75) is 36.6 Å². The lowest BCUT2D eigenvalue weighted by molar-refractivity contribution is -0.121. The molecule has 1 aliphatic heterocycles. The molecule has 0 unspecified atom stereocenters. The summed E-state index contributed by atoms with van der Waals surface area (Å²) in [6, 6.07) is 5.13. The van der Waals surface area contributed by atoms with E-state index >= 15 is 0 Å². The van der Waals surface area contributed by atoms with Crippen molar-refractivity contribution >= 4 is 39.4 Å². The predicted molar refractivity (Wildman–Crippen MR) is 111 cm³/mol. The second kappa shape index (κ2) is 9.21. The largest absolute Gasteiger partial charge is 0.352 e. The molecule has 1 saturated heterocycles. The molecule has 1 aliphatic rings. The number of halogens is 1. The zero-order valence-corrected chi connectivity index (χ0v) is 18.1. The van der Waals surface area contributed by atoms with Crippen molar-refractivity contribution in [3.8, 4) is 0 Å². The molecular weight excluding hydrogens is 402 g/mol. The van der Waals surface area contributed by atoms with Crippen LogP contribution in [0.3, 0.4) is 0 Å².